The molecule has 2 aromatic rings. The van der Waals surface area contributed by atoms with Gasteiger partial charge in [0.1, 0.15) is 10.0 Å². The summed E-state index contributed by atoms with van der Waals surface area (Å²) in [5.74, 6) is 0.0532. The quantitative estimate of drug-likeness (QED) is 0.863. The van der Waals surface area contributed by atoms with Crippen LogP contribution >= 0.6 is 11.6 Å². The lowest BCUT2D eigenvalue weighted by Gasteiger charge is -2.03. The molecule has 0 spiro atoms. The van der Waals surface area contributed by atoms with E-state index in [9.17, 15) is 8.42 Å². The molecule has 0 fully saturated rings. The van der Waals surface area contributed by atoms with Crippen molar-refractivity contribution in [2.45, 2.75) is 11.8 Å². The first-order valence-corrected chi connectivity index (χ1v) is 6.41. The van der Waals surface area contributed by atoms with Crippen molar-refractivity contribution in [1.82, 2.24) is 10.1 Å². The minimum atomic E-state index is -3.72. The van der Waals surface area contributed by atoms with Crippen molar-refractivity contribution in [1.29, 1.82) is 0 Å². The van der Waals surface area contributed by atoms with E-state index in [0.29, 0.717) is 5.69 Å². The molecule has 0 atom stereocenters. The highest BCUT2D eigenvalue weighted by Crippen LogP contribution is 2.16. The summed E-state index contributed by atoms with van der Waals surface area (Å²) in [4.78, 5) is 3.69. The topological polar surface area (TPSA) is 85.1 Å². The fourth-order valence-corrected chi connectivity index (χ4v) is 2.15. The van der Waals surface area contributed by atoms with Crippen LogP contribution in [0.2, 0.25) is 5.15 Å². The number of nitrogens with one attached hydrogen (secondary N) is 1. The smallest absolute Gasteiger partial charge is 0.265 e. The zero-order valence-corrected chi connectivity index (χ0v) is 10.3. The van der Waals surface area contributed by atoms with E-state index in [0.717, 1.165) is 6.20 Å². The van der Waals surface area contributed by atoms with E-state index in [1.807, 2.05) is 0 Å². The van der Waals surface area contributed by atoms with Crippen LogP contribution in [0, 0.1) is 6.92 Å². The van der Waals surface area contributed by atoms with Crippen LogP contribution < -0.4 is 4.72 Å². The van der Waals surface area contributed by atoms with Gasteiger partial charge in [-0.1, -0.05) is 16.8 Å². The summed E-state index contributed by atoms with van der Waals surface area (Å²) in [6.07, 6.45) is 1.16. The van der Waals surface area contributed by atoms with Crippen LogP contribution in [0.25, 0.3) is 0 Å². The van der Waals surface area contributed by atoms with E-state index in [-0.39, 0.29) is 15.9 Å². The SMILES string of the molecule is Cc1cc(NS(=O)(=O)c2ccc(Cl)nc2)on1. The van der Waals surface area contributed by atoms with Gasteiger partial charge in [-0.25, -0.2) is 18.1 Å². The molecular formula is C9H8ClN3O3S. The van der Waals surface area contributed by atoms with Crippen LogP contribution in [0.4, 0.5) is 5.88 Å². The first-order chi connectivity index (χ1) is 7.97. The molecule has 0 unspecified atom stereocenters. The van der Waals surface area contributed by atoms with Gasteiger partial charge in [-0.05, 0) is 19.1 Å². The van der Waals surface area contributed by atoms with Crippen LogP contribution in [-0.4, -0.2) is 18.6 Å². The van der Waals surface area contributed by atoms with Crippen molar-refractivity contribution in [2.75, 3.05) is 4.72 Å². The van der Waals surface area contributed by atoms with Gasteiger partial charge in [0, 0.05) is 12.3 Å². The average Bonchev–Trinajstić information content (AvgIpc) is 2.63. The standard InChI is InChI=1S/C9H8ClN3O3S/c1-6-4-9(16-12-6)13-17(14,15)7-2-3-8(10)11-5-7/h2-5,13H,1H3. The second-order valence-corrected chi connectivity index (χ2v) is 5.32. The molecule has 2 heterocycles. The Morgan fingerprint density at radius 2 is 2.18 bits per heavy atom. The molecule has 0 amide bonds. The van der Waals surface area contributed by atoms with Gasteiger partial charge in [-0.3, -0.25) is 0 Å². The second kappa shape index (κ2) is 4.34. The summed E-state index contributed by atoms with van der Waals surface area (Å²) in [5, 5.41) is 3.79. The van der Waals surface area contributed by atoms with Gasteiger partial charge >= 0.3 is 0 Å². The fourth-order valence-electron chi connectivity index (χ4n) is 1.12. The lowest BCUT2D eigenvalue weighted by atomic mass is 10.5. The minimum absolute atomic E-state index is 0.00375. The number of halogens is 1. The molecule has 0 aromatic carbocycles. The van der Waals surface area contributed by atoms with Gasteiger partial charge in [0.25, 0.3) is 10.0 Å². The van der Waals surface area contributed by atoms with Crippen LogP contribution in [0.3, 0.4) is 0 Å². The highest BCUT2D eigenvalue weighted by Gasteiger charge is 2.16. The van der Waals surface area contributed by atoms with Crippen molar-refractivity contribution in [3.05, 3.63) is 35.2 Å². The largest absolute Gasteiger partial charge is 0.338 e. The van der Waals surface area contributed by atoms with Gasteiger partial charge in [0.05, 0.1) is 5.69 Å². The Kier molecular flexibility index (Phi) is 3.03. The van der Waals surface area contributed by atoms with Crippen LogP contribution in [-0.2, 0) is 10.0 Å². The van der Waals surface area contributed by atoms with E-state index in [2.05, 4.69) is 14.9 Å². The summed E-state index contributed by atoms with van der Waals surface area (Å²) in [5.41, 5.74) is 0.580. The number of aryl methyl sites for hydroxylation is 1. The molecule has 90 valence electrons. The van der Waals surface area contributed by atoms with Gasteiger partial charge in [-0.15, -0.1) is 0 Å². The highest BCUT2D eigenvalue weighted by molar-refractivity contribution is 7.92. The Labute approximate surface area is 103 Å². The molecule has 8 heteroatoms. The number of sulfonamides is 1. The summed E-state index contributed by atoms with van der Waals surface area (Å²) in [6.45, 7) is 1.69. The van der Waals surface area contributed by atoms with Crippen molar-refractivity contribution >= 4 is 27.5 Å². The molecule has 2 aromatic heterocycles. The van der Waals surface area contributed by atoms with Crippen molar-refractivity contribution in [3.63, 3.8) is 0 Å². The van der Waals surface area contributed by atoms with Crippen LogP contribution in [0.15, 0.2) is 33.8 Å². The number of aromatic nitrogens is 2. The number of hydrogen-bond donors (Lipinski definition) is 1. The van der Waals surface area contributed by atoms with Crippen molar-refractivity contribution < 1.29 is 12.9 Å². The summed E-state index contributed by atoms with van der Waals surface area (Å²) in [6, 6.07) is 4.21. The molecule has 2 rings (SSSR count). The van der Waals surface area contributed by atoms with E-state index in [4.69, 9.17) is 16.1 Å². The molecule has 0 aliphatic heterocycles. The first kappa shape index (κ1) is 11.9. The third-order valence-electron chi connectivity index (χ3n) is 1.87. The average molecular weight is 274 g/mol. The van der Waals surface area contributed by atoms with Crippen molar-refractivity contribution in [2.24, 2.45) is 0 Å². The predicted octanol–water partition coefficient (Wildman–Crippen LogP) is 1.83. The Balaban J connectivity index is 2.28. The molecule has 1 N–H and O–H groups in total. The predicted molar refractivity (Wildman–Crippen MR) is 61.3 cm³/mol. The normalized spacial score (nSPS) is 11.4. The summed E-state index contributed by atoms with van der Waals surface area (Å²) >= 11 is 5.57. The van der Waals surface area contributed by atoms with E-state index in [1.165, 1.54) is 18.2 Å². The number of rotatable bonds is 3. The summed E-state index contributed by atoms with van der Waals surface area (Å²) in [7, 11) is -3.72. The molecule has 0 saturated heterocycles. The van der Waals surface area contributed by atoms with Gasteiger partial charge < -0.3 is 4.52 Å². The van der Waals surface area contributed by atoms with Gasteiger partial charge in [-0.2, -0.15) is 0 Å². The summed E-state index contributed by atoms with van der Waals surface area (Å²) < 4.78 is 30.7. The highest BCUT2D eigenvalue weighted by atomic mass is 35.5. The fraction of sp³-hybridized carbons (Fsp3) is 0.111. The molecule has 0 aliphatic carbocycles. The van der Waals surface area contributed by atoms with Gasteiger partial charge in [0.15, 0.2) is 0 Å². The zero-order chi connectivity index (χ0) is 12.5. The number of nitrogens with zero attached hydrogens (tertiary/aromatic N) is 2. The van der Waals surface area contributed by atoms with Crippen LogP contribution in [0.1, 0.15) is 5.69 Å². The van der Waals surface area contributed by atoms with E-state index < -0.39 is 10.0 Å². The Morgan fingerprint density at radius 1 is 1.41 bits per heavy atom. The maximum absolute atomic E-state index is 11.8. The third-order valence-corrected chi connectivity index (χ3v) is 3.43. The molecule has 17 heavy (non-hydrogen) atoms. The lowest BCUT2D eigenvalue weighted by Crippen LogP contribution is -2.12. The van der Waals surface area contributed by atoms with Crippen molar-refractivity contribution in [3.8, 4) is 0 Å². The zero-order valence-electron chi connectivity index (χ0n) is 8.71. The Hall–Kier alpha value is -1.60. The van der Waals surface area contributed by atoms with Gasteiger partial charge in [0.2, 0.25) is 5.88 Å². The number of pyridine rings is 1. The third kappa shape index (κ3) is 2.75. The molecule has 0 bridgehead atoms. The maximum atomic E-state index is 11.8. The number of hydrogen-bond acceptors (Lipinski definition) is 5. The van der Waals surface area contributed by atoms with E-state index >= 15 is 0 Å². The van der Waals surface area contributed by atoms with Crippen LogP contribution in [0.5, 0.6) is 0 Å². The Bertz CT molecular complexity index is 621. The molecular weight excluding hydrogens is 266 g/mol. The maximum Gasteiger partial charge on any atom is 0.265 e. The van der Waals surface area contributed by atoms with E-state index in [1.54, 1.807) is 6.92 Å². The first-order valence-electron chi connectivity index (χ1n) is 4.55. The number of anilines is 1. The molecule has 0 aliphatic rings. The molecule has 0 radical (unpaired) electrons. The molecule has 0 saturated carbocycles. The molecule has 6 nitrogen and oxygen atoms in total. The minimum Gasteiger partial charge on any atom is -0.338 e. The second-order valence-electron chi connectivity index (χ2n) is 3.25. The lowest BCUT2D eigenvalue weighted by molar-refractivity contribution is 0.430. The monoisotopic (exact) mass is 273 g/mol. The Morgan fingerprint density at radius 3 is 2.71 bits per heavy atom.